The van der Waals surface area contributed by atoms with Gasteiger partial charge in [0, 0.05) is 36.7 Å². The average Bonchev–Trinajstić information content (AvgIpc) is 3.15. The van der Waals surface area contributed by atoms with Crippen LogP contribution in [0.15, 0.2) is 53.7 Å². The molecular weight excluding hydrogens is 496 g/mol. The van der Waals surface area contributed by atoms with Crippen molar-refractivity contribution in [1.29, 1.82) is 0 Å². The number of pyridine rings is 1. The molecule has 3 aromatic rings. The maximum absolute atomic E-state index is 14.6. The van der Waals surface area contributed by atoms with Gasteiger partial charge in [-0.25, -0.2) is 9.18 Å². The normalized spacial score (nSPS) is 18.5. The van der Waals surface area contributed by atoms with Crippen LogP contribution >= 0.6 is 11.8 Å². The van der Waals surface area contributed by atoms with Crippen LogP contribution in [0.2, 0.25) is 0 Å². The highest BCUT2D eigenvalue weighted by Gasteiger charge is 2.33. The number of carboxylic acids is 1. The van der Waals surface area contributed by atoms with Crippen LogP contribution in [0.1, 0.15) is 22.3 Å². The number of fused-ring (bicyclic) bond motifs is 1. The van der Waals surface area contributed by atoms with E-state index in [2.05, 4.69) is 22.5 Å². The Labute approximate surface area is 209 Å². The zero-order chi connectivity index (χ0) is 25.9. The number of nitrogens with zero attached hydrogens (tertiary/aromatic N) is 2. The number of hydrogen-bond donors (Lipinski definition) is 3. The van der Waals surface area contributed by atoms with Crippen LogP contribution < -0.4 is 10.6 Å². The summed E-state index contributed by atoms with van der Waals surface area (Å²) in [6.07, 6.45) is 1.01. The van der Waals surface area contributed by atoms with Crippen LogP contribution in [0.3, 0.4) is 0 Å². The molecule has 1 aliphatic rings. The first-order valence-corrected chi connectivity index (χ1v) is 12.0. The number of nitrogens with one attached hydrogen (secondary N) is 2. The van der Waals surface area contributed by atoms with E-state index in [9.17, 15) is 22.4 Å². The van der Waals surface area contributed by atoms with E-state index in [0.717, 1.165) is 6.54 Å². The third-order valence-electron chi connectivity index (χ3n) is 5.80. The summed E-state index contributed by atoms with van der Waals surface area (Å²) in [5.74, 6) is 4.61. The van der Waals surface area contributed by atoms with Crippen molar-refractivity contribution in [3.63, 3.8) is 0 Å². The Balaban J connectivity index is 1.58. The van der Waals surface area contributed by atoms with Crippen molar-refractivity contribution in [3.8, 4) is 11.8 Å². The Morgan fingerprint density at radius 1 is 1.25 bits per heavy atom. The van der Waals surface area contributed by atoms with Gasteiger partial charge in [-0.05, 0) is 55.9 Å². The van der Waals surface area contributed by atoms with Gasteiger partial charge in [-0.3, -0.25) is 0 Å². The van der Waals surface area contributed by atoms with E-state index in [4.69, 9.17) is 5.11 Å². The Morgan fingerprint density at radius 3 is 2.67 bits per heavy atom. The van der Waals surface area contributed by atoms with E-state index in [-0.39, 0.29) is 34.5 Å². The Morgan fingerprint density at radius 2 is 2.00 bits per heavy atom. The first-order valence-electron chi connectivity index (χ1n) is 11.2. The molecule has 190 valence electrons. The molecule has 36 heavy (non-hydrogen) atoms. The van der Waals surface area contributed by atoms with Crippen molar-refractivity contribution in [1.82, 2.24) is 9.30 Å². The average molecular weight is 521 g/mol. The fourth-order valence-corrected chi connectivity index (χ4v) is 4.73. The molecule has 3 heterocycles. The number of likely N-dealkylation sites (tertiary alicyclic amines) is 1. The smallest absolute Gasteiger partial charge is 0.447 e. The van der Waals surface area contributed by atoms with Crippen LogP contribution in [0.25, 0.3) is 5.52 Å². The predicted molar refractivity (Wildman–Crippen MR) is 132 cm³/mol. The van der Waals surface area contributed by atoms with Crippen LogP contribution in [0.5, 0.6) is 0 Å². The number of aromatic nitrogens is 1. The van der Waals surface area contributed by atoms with Crippen LogP contribution in [-0.2, 0) is 0 Å². The van der Waals surface area contributed by atoms with Gasteiger partial charge in [0.25, 0.3) is 0 Å². The molecule has 1 fully saturated rings. The van der Waals surface area contributed by atoms with Crippen molar-refractivity contribution in [3.05, 3.63) is 59.8 Å². The van der Waals surface area contributed by atoms with Crippen LogP contribution in [-0.4, -0.2) is 64.8 Å². The zero-order valence-electron chi connectivity index (χ0n) is 19.3. The van der Waals surface area contributed by atoms with E-state index < -0.39 is 23.7 Å². The van der Waals surface area contributed by atoms with Crippen molar-refractivity contribution >= 4 is 34.6 Å². The van der Waals surface area contributed by atoms with Gasteiger partial charge in [0.2, 0.25) is 0 Å². The number of hydrogen-bond acceptors (Lipinski definition) is 5. The highest BCUT2D eigenvalue weighted by atomic mass is 32.2. The van der Waals surface area contributed by atoms with Crippen molar-refractivity contribution < 1.29 is 27.5 Å². The van der Waals surface area contributed by atoms with Crippen molar-refractivity contribution in [2.45, 2.75) is 29.2 Å². The third kappa shape index (κ3) is 6.25. The number of aromatic carboxylic acids is 1. The molecule has 0 aliphatic carbocycles. The Kier molecular flexibility index (Phi) is 7.66. The summed E-state index contributed by atoms with van der Waals surface area (Å²) in [7, 11) is 1.85. The van der Waals surface area contributed by atoms with Gasteiger partial charge in [0.15, 0.2) is 0 Å². The second kappa shape index (κ2) is 10.7. The minimum atomic E-state index is -4.52. The molecule has 1 saturated heterocycles. The molecule has 2 aromatic heterocycles. The number of carboxylic acid groups (broad SMARTS) is 1. The summed E-state index contributed by atoms with van der Waals surface area (Å²) in [5.41, 5.74) is -2.51. The fraction of sp³-hybridized carbons (Fsp3) is 0.320. The predicted octanol–water partition coefficient (Wildman–Crippen LogP) is 5.17. The topological polar surface area (TPSA) is 69.0 Å². The molecule has 1 aliphatic heterocycles. The van der Waals surface area contributed by atoms with Crippen LogP contribution in [0.4, 0.5) is 28.9 Å². The number of rotatable bonds is 6. The van der Waals surface area contributed by atoms with Gasteiger partial charge in [0.05, 0.1) is 34.9 Å². The quantitative estimate of drug-likeness (QED) is 0.237. The van der Waals surface area contributed by atoms with Crippen molar-refractivity contribution in [2.75, 3.05) is 37.3 Å². The van der Waals surface area contributed by atoms with Gasteiger partial charge in [-0.15, -0.1) is 0 Å². The molecule has 1 aromatic carbocycles. The molecule has 0 unspecified atom stereocenters. The minimum absolute atomic E-state index is 0.0698. The molecular formula is C25H24F4N4O2S. The largest absolute Gasteiger partial charge is 0.478 e. The number of alkyl halides is 4. The molecule has 3 N–H and O–H groups in total. The molecule has 4 rings (SSSR count). The maximum Gasteiger partial charge on any atom is 0.447 e. The molecule has 0 spiro atoms. The maximum atomic E-state index is 14.6. The third-order valence-corrected chi connectivity index (χ3v) is 6.64. The second-order valence-electron chi connectivity index (χ2n) is 8.44. The van der Waals surface area contributed by atoms with E-state index >= 15 is 0 Å². The number of anilines is 2. The number of piperidine rings is 1. The van der Waals surface area contributed by atoms with Gasteiger partial charge in [-0.1, -0.05) is 11.8 Å². The Hall–Kier alpha value is -3.36. The molecule has 0 amide bonds. The monoisotopic (exact) mass is 520 g/mol. The van der Waals surface area contributed by atoms with Gasteiger partial charge >= 0.3 is 11.5 Å². The summed E-state index contributed by atoms with van der Waals surface area (Å²) in [5, 5.41) is 15.1. The minimum Gasteiger partial charge on any atom is -0.478 e. The molecule has 6 nitrogen and oxygen atoms in total. The SMILES string of the molecule is CN1CC[C@@H](Nc2cccn3c(SC(F)(F)F)c(C#CCNc4ccc(C(=O)O)cc4)cc23)[C@@H](F)C1. The zero-order valence-corrected chi connectivity index (χ0v) is 20.1. The first-order chi connectivity index (χ1) is 17.1. The first kappa shape index (κ1) is 25.7. The molecule has 2 atom stereocenters. The number of carbonyl (C=O) groups is 1. The van der Waals surface area contributed by atoms with Gasteiger partial charge in [0.1, 0.15) is 11.2 Å². The summed E-state index contributed by atoms with van der Waals surface area (Å²) in [6.45, 7) is 1.15. The standard InChI is InChI=1S/C25H24F4N4O2S/c1-32-13-10-20(19(26)15-32)31-21-5-3-12-33-22(21)14-17(23(33)36-25(27,28)29)4-2-11-30-18-8-6-16(7-9-18)24(34)35/h3,5-9,12,14,19-20,30-31H,10-11,13,15H2,1H3,(H,34,35)/t19-,20+/m0/s1. The lowest BCUT2D eigenvalue weighted by molar-refractivity contribution is -0.0329. The number of halogens is 4. The summed E-state index contributed by atoms with van der Waals surface area (Å²) in [4.78, 5) is 12.9. The van der Waals surface area contributed by atoms with E-state index in [1.54, 1.807) is 30.3 Å². The molecule has 0 radical (unpaired) electrons. The van der Waals surface area contributed by atoms with Crippen molar-refractivity contribution in [2.24, 2.45) is 0 Å². The van der Waals surface area contributed by atoms with Gasteiger partial charge < -0.3 is 25.0 Å². The molecule has 0 saturated carbocycles. The number of benzene rings is 1. The lowest BCUT2D eigenvalue weighted by Crippen LogP contribution is -2.46. The lowest BCUT2D eigenvalue weighted by Gasteiger charge is -2.33. The van der Waals surface area contributed by atoms with Crippen LogP contribution in [0, 0.1) is 11.8 Å². The highest BCUT2D eigenvalue weighted by molar-refractivity contribution is 8.00. The summed E-state index contributed by atoms with van der Waals surface area (Å²) in [6, 6.07) is 10.5. The number of thioether (sulfide) groups is 1. The van der Waals surface area contributed by atoms with E-state index in [0.29, 0.717) is 29.9 Å². The summed E-state index contributed by atoms with van der Waals surface area (Å²) < 4.78 is 56.1. The van der Waals surface area contributed by atoms with Gasteiger partial charge in [-0.2, -0.15) is 13.2 Å². The van der Waals surface area contributed by atoms with E-state index in [1.165, 1.54) is 22.7 Å². The second-order valence-corrected chi connectivity index (χ2v) is 9.50. The summed E-state index contributed by atoms with van der Waals surface area (Å²) >= 11 is -0.246. The molecule has 11 heteroatoms. The Bertz CT molecular complexity index is 1300. The fourth-order valence-electron chi connectivity index (χ4n) is 4.03. The highest BCUT2D eigenvalue weighted by Crippen LogP contribution is 2.40. The van der Waals surface area contributed by atoms with E-state index in [1.807, 2.05) is 11.9 Å². The lowest BCUT2D eigenvalue weighted by atomic mass is 10.0. The molecule has 0 bridgehead atoms.